The van der Waals surface area contributed by atoms with Gasteiger partial charge in [0.25, 0.3) is 0 Å². The minimum Gasteiger partial charge on any atom is -0.396 e. The Bertz CT molecular complexity index is 465. The van der Waals surface area contributed by atoms with Gasteiger partial charge in [-0.3, -0.25) is 4.79 Å². The number of rotatable bonds is 7. The van der Waals surface area contributed by atoms with Crippen molar-refractivity contribution >= 4 is 11.6 Å². The van der Waals surface area contributed by atoms with Crippen LogP contribution in [-0.2, 0) is 11.3 Å². The van der Waals surface area contributed by atoms with Crippen LogP contribution < -0.4 is 11.1 Å². The molecule has 0 aliphatic carbocycles. The van der Waals surface area contributed by atoms with Gasteiger partial charge >= 0.3 is 0 Å². The van der Waals surface area contributed by atoms with Gasteiger partial charge in [0.1, 0.15) is 0 Å². The summed E-state index contributed by atoms with van der Waals surface area (Å²) in [6, 6.07) is 7.63. The standard InChI is InChI=1S/C16H25N3O2/c17-11-14-3-1-2-4-15(14)18-16(21)6-9-19-8-5-13(12-19)7-10-20/h1-4,13,20H,5-12,17H2,(H,18,21). The molecule has 5 nitrogen and oxygen atoms in total. The number of nitrogens with two attached hydrogens (primary N) is 1. The Hall–Kier alpha value is -1.43. The van der Waals surface area contributed by atoms with Crippen LogP contribution >= 0.6 is 0 Å². The second-order valence-electron chi connectivity index (χ2n) is 5.63. The number of amides is 1. The lowest BCUT2D eigenvalue weighted by Crippen LogP contribution is -2.26. The van der Waals surface area contributed by atoms with Crippen LogP contribution in [0.4, 0.5) is 5.69 Å². The molecule has 1 fully saturated rings. The van der Waals surface area contributed by atoms with Gasteiger partial charge < -0.3 is 21.1 Å². The fourth-order valence-corrected chi connectivity index (χ4v) is 2.83. The van der Waals surface area contributed by atoms with Gasteiger partial charge in [-0.1, -0.05) is 18.2 Å². The van der Waals surface area contributed by atoms with Gasteiger partial charge in [0.15, 0.2) is 0 Å². The zero-order chi connectivity index (χ0) is 15.1. The molecule has 0 aromatic heterocycles. The van der Waals surface area contributed by atoms with Gasteiger partial charge in [-0.25, -0.2) is 0 Å². The number of nitrogens with zero attached hydrogens (tertiary/aromatic N) is 1. The number of aliphatic hydroxyl groups is 1. The highest BCUT2D eigenvalue weighted by Gasteiger charge is 2.22. The number of carbonyl (C=O) groups is 1. The number of para-hydroxylation sites is 1. The maximum absolute atomic E-state index is 12.0. The van der Waals surface area contributed by atoms with Crippen LogP contribution in [0.15, 0.2) is 24.3 Å². The van der Waals surface area contributed by atoms with Gasteiger partial charge in [-0.05, 0) is 36.9 Å². The zero-order valence-electron chi connectivity index (χ0n) is 12.4. The van der Waals surface area contributed by atoms with Gasteiger partial charge in [-0.15, -0.1) is 0 Å². The molecule has 5 heteroatoms. The van der Waals surface area contributed by atoms with Crippen molar-refractivity contribution in [3.63, 3.8) is 0 Å². The Balaban J connectivity index is 1.75. The summed E-state index contributed by atoms with van der Waals surface area (Å²) < 4.78 is 0. The third-order valence-corrected chi connectivity index (χ3v) is 4.07. The van der Waals surface area contributed by atoms with E-state index in [4.69, 9.17) is 10.8 Å². The Kier molecular flexibility index (Phi) is 6.17. The first-order valence-electron chi connectivity index (χ1n) is 7.64. The number of anilines is 1. The minimum absolute atomic E-state index is 0.0292. The molecule has 21 heavy (non-hydrogen) atoms. The first-order chi connectivity index (χ1) is 10.2. The van der Waals surface area contributed by atoms with E-state index in [1.54, 1.807) is 0 Å². The average molecular weight is 291 g/mol. The normalized spacial score (nSPS) is 18.9. The maximum atomic E-state index is 12.0. The lowest BCUT2D eigenvalue weighted by molar-refractivity contribution is -0.116. The van der Waals surface area contributed by atoms with E-state index >= 15 is 0 Å². The Morgan fingerprint density at radius 3 is 3.00 bits per heavy atom. The summed E-state index contributed by atoms with van der Waals surface area (Å²) in [6.45, 7) is 3.48. The monoisotopic (exact) mass is 291 g/mol. The molecule has 0 bridgehead atoms. The molecule has 1 heterocycles. The van der Waals surface area contributed by atoms with Crippen LogP contribution in [0.25, 0.3) is 0 Å². The van der Waals surface area contributed by atoms with E-state index in [9.17, 15) is 4.79 Å². The molecule has 1 aliphatic rings. The number of nitrogens with one attached hydrogen (secondary N) is 1. The number of likely N-dealkylation sites (tertiary alicyclic amines) is 1. The molecule has 1 amide bonds. The van der Waals surface area contributed by atoms with Gasteiger partial charge in [0.05, 0.1) is 0 Å². The molecule has 1 saturated heterocycles. The predicted octanol–water partition coefficient (Wildman–Crippen LogP) is 1.18. The van der Waals surface area contributed by atoms with Crippen LogP contribution in [0.3, 0.4) is 0 Å². The highest BCUT2D eigenvalue weighted by atomic mass is 16.3. The Morgan fingerprint density at radius 2 is 2.24 bits per heavy atom. The van der Waals surface area contributed by atoms with Crippen molar-refractivity contribution in [1.82, 2.24) is 4.90 Å². The highest BCUT2D eigenvalue weighted by molar-refractivity contribution is 5.91. The molecule has 1 aromatic carbocycles. The van der Waals surface area contributed by atoms with E-state index in [1.165, 1.54) is 0 Å². The number of hydrogen-bond donors (Lipinski definition) is 3. The third-order valence-electron chi connectivity index (χ3n) is 4.07. The van der Waals surface area contributed by atoms with Gasteiger partial charge in [-0.2, -0.15) is 0 Å². The first-order valence-corrected chi connectivity index (χ1v) is 7.64. The smallest absolute Gasteiger partial charge is 0.225 e. The molecule has 0 saturated carbocycles. The van der Waals surface area contributed by atoms with E-state index in [0.717, 1.165) is 43.7 Å². The van der Waals surface area contributed by atoms with E-state index in [2.05, 4.69) is 10.2 Å². The summed E-state index contributed by atoms with van der Waals surface area (Å²) in [5, 5.41) is 11.9. The fourth-order valence-electron chi connectivity index (χ4n) is 2.83. The van der Waals surface area contributed by atoms with Crippen LogP contribution in [0.5, 0.6) is 0 Å². The number of aliphatic hydroxyl groups excluding tert-OH is 1. The highest BCUT2D eigenvalue weighted by Crippen LogP contribution is 2.19. The number of carbonyl (C=O) groups excluding carboxylic acids is 1. The lowest BCUT2D eigenvalue weighted by Gasteiger charge is -2.16. The van der Waals surface area contributed by atoms with E-state index in [0.29, 0.717) is 18.9 Å². The van der Waals surface area contributed by atoms with Crippen molar-refractivity contribution in [3.8, 4) is 0 Å². The van der Waals surface area contributed by atoms with E-state index in [-0.39, 0.29) is 12.5 Å². The summed E-state index contributed by atoms with van der Waals surface area (Å²) in [7, 11) is 0. The molecule has 1 atom stereocenters. The molecular formula is C16H25N3O2. The number of benzene rings is 1. The van der Waals surface area contributed by atoms with Crippen LogP contribution in [0.2, 0.25) is 0 Å². The van der Waals surface area contributed by atoms with E-state index in [1.807, 2.05) is 24.3 Å². The van der Waals surface area contributed by atoms with Crippen LogP contribution in [0, 0.1) is 5.92 Å². The number of hydrogen-bond acceptors (Lipinski definition) is 4. The van der Waals surface area contributed by atoms with Crippen molar-refractivity contribution in [3.05, 3.63) is 29.8 Å². The summed E-state index contributed by atoms with van der Waals surface area (Å²) in [6.07, 6.45) is 2.48. The lowest BCUT2D eigenvalue weighted by atomic mass is 10.1. The molecular weight excluding hydrogens is 266 g/mol. The molecule has 0 spiro atoms. The molecule has 0 radical (unpaired) electrons. The van der Waals surface area contributed by atoms with Gasteiger partial charge in [0.2, 0.25) is 5.91 Å². The summed E-state index contributed by atoms with van der Waals surface area (Å²) >= 11 is 0. The molecule has 2 rings (SSSR count). The van der Waals surface area contributed by atoms with Gasteiger partial charge in [0, 0.05) is 38.3 Å². The van der Waals surface area contributed by atoms with Crippen molar-refractivity contribution in [2.24, 2.45) is 11.7 Å². The van der Waals surface area contributed by atoms with Crippen molar-refractivity contribution in [2.45, 2.75) is 25.8 Å². The molecule has 1 unspecified atom stereocenters. The first kappa shape index (κ1) is 15.9. The second-order valence-corrected chi connectivity index (χ2v) is 5.63. The summed E-state index contributed by atoms with van der Waals surface area (Å²) in [5.41, 5.74) is 7.43. The van der Waals surface area contributed by atoms with Crippen LogP contribution in [0.1, 0.15) is 24.8 Å². The third kappa shape index (κ3) is 4.81. The average Bonchev–Trinajstić information content (AvgIpc) is 2.94. The van der Waals surface area contributed by atoms with E-state index < -0.39 is 0 Å². The van der Waals surface area contributed by atoms with Crippen molar-refractivity contribution in [2.75, 3.05) is 31.6 Å². The fraction of sp³-hybridized carbons (Fsp3) is 0.562. The molecule has 1 aliphatic heterocycles. The SMILES string of the molecule is NCc1ccccc1NC(=O)CCN1CCC(CCO)C1. The molecule has 4 N–H and O–H groups in total. The minimum atomic E-state index is 0.0292. The largest absolute Gasteiger partial charge is 0.396 e. The van der Waals surface area contributed by atoms with Crippen molar-refractivity contribution in [1.29, 1.82) is 0 Å². The van der Waals surface area contributed by atoms with Crippen molar-refractivity contribution < 1.29 is 9.90 Å². The second kappa shape index (κ2) is 8.12. The zero-order valence-corrected chi connectivity index (χ0v) is 12.4. The Morgan fingerprint density at radius 1 is 1.43 bits per heavy atom. The van der Waals surface area contributed by atoms with Crippen LogP contribution in [-0.4, -0.2) is 42.2 Å². The topological polar surface area (TPSA) is 78.6 Å². The molecule has 1 aromatic rings. The maximum Gasteiger partial charge on any atom is 0.225 e. The summed E-state index contributed by atoms with van der Waals surface area (Å²) in [4.78, 5) is 14.3. The quantitative estimate of drug-likeness (QED) is 0.705. The Labute approximate surface area is 126 Å². The predicted molar refractivity (Wildman–Crippen MR) is 83.8 cm³/mol. The molecule has 116 valence electrons. The summed E-state index contributed by atoms with van der Waals surface area (Å²) in [5.74, 6) is 0.609.